The molecule has 7 nitrogen and oxygen atoms in total. The third-order valence-electron chi connectivity index (χ3n) is 4.72. The van der Waals surface area contributed by atoms with Crippen LogP contribution in [0.4, 0.5) is 16.6 Å². The van der Waals surface area contributed by atoms with E-state index >= 15 is 0 Å². The zero-order valence-corrected chi connectivity index (χ0v) is 12.9. The summed E-state index contributed by atoms with van der Waals surface area (Å²) in [6.45, 7) is 3.67. The number of hydrogen-bond donors (Lipinski definition) is 2. The van der Waals surface area contributed by atoms with Gasteiger partial charge in [0.15, 0.2) is 0 Å². The third-order valence-corrected chi connectivity index (χ3v) is 4.72. The number of nitrogen functional groups attached to an aromatic ring is 1. The minimum Gasteiger partial charge on any atom is -0.465 e. The van der Waals surface area contributed by atoms with Gasteiger partial charge in [-0.15, -0.1) is 0 Å². The first-order valence-electron chi connectivity index (χ1n) is 7.93. The minimum absolute atomic E-state index is 0.0580. The predicted molar refractivity (Wildman–Crippen MR) is 84.1 cm³/mol. The van der Waals surface area contributed by atoms with Crippen molar-refractivity contribution in [3.63, 3.8) is 0 Å². The SMILES string of the molecule is C[C@@H]1CN(c2cc(C3CCCC3)nc(N)n2)CCN1C(=O)O. The van der Waals surface area contributed by atoms with Gasteiger partial charge in [0.25, 0.3) is 0 Å². The Kier molecular flexibility index (Phi) is 4.04. The molecular weight excluding hydrogens is 282 g/mol. The van der Waals surface area contributed by atoms with Crippen molar-refractivity contribution in [2.75, 3.05) is 30.3 Å². The lowest BCUT2D eigenvalue weighted by Gasteiger charge is -2.39. The lowest BCUT2D eigenvalue weighted by atomic mass is 10.0. The molecule has 0 radical (unpaired) electrons. The van der Waals surface area contributed by atoms with Crippen molar-refractivity contribution in [1.82, 2.24) is 14.9 Å². The first-order chi connectivity index (χ1) is 10.5. The molecule has 1 saturated carbocycles. The molecular formula is C15H23N5O2. The highest BCUT2D eigenvalue weighted by atomic mass is 16.4. The summed E-state index contributed by atoms with van der Waals surface area (Å²) >= 11 is 0. The molecule has 3 rings (SSSR count). The van der Waals surface area contributed by atoms with E-state index in [2.05, 4.69) is 14.9 Å². The highest BCUT2D eigenvalue weighted by Crippen LogP contribution is 2.34. The molecule has 2 heterocycles. The van der Waals surface area contributed by atoms with Crippen LogP contribution in [0.1, 0.15) is 44.2 Å². The van der Waals surface area contributed by atoms with Gasteiger partial charge < -0.3 is 20.6 Å². The van der Waals surface area contributed by atoms with E-state index in [1.54, 1.807) is 0 Å². The van der Waals surface area contributed by atoms with Crippen molar-refractivity contribution < 1.29 is 9.90 Å². The Hall–Kier alpha value is -2.05. The summed E-state index contributed by atoms with van der Waals surface area (Å²) in [5, 5.41) is 9.16. The Balaban J connectivity index is 1.78. The van der Waals surface area contributed by atoms with Crippen LogP contribution < -0.4 is 10.6 Å². The first-order valence-corrected chi connectivity index (χ1v) is 7.93. The highest BCUT2D eigenvalue weighted by Gasteiger charge is 2.28. The summed E-state index contributed by atoms with van der Waals surface area (Å²) in [7, 11) is 0. The fourth-order valence-corrected chi connectivity index (χ4v) is 3.51. The van der Waals surface area contributed by atoms with Crippen LogP contribution in [0.15, 0.2) is 6.07 Å². The summed E-state index contributed by atoms with van der Waals surface area (Å²) in [6.07, 6.45) is 3.97. The minimum atomic E-state index is -0.860. The number of hydrogen-bond acceptors (Lipinski definition) is 5. The van der Waals surface area contributed by atoms with Crippen molar-refractivity contribution in [2.45, 2.75) is 44.6 Å². The number of rotatable bonds is 2. The molecule has 1 saturated heterocycles. The topological polar surface area (TPSA) is 95.6 Å². The molecule has 0 spiro atoms. The van der Waals surface area contributed by atoms with Crippen molar-refractivity contribution >= 4 is 17.9 Å². The van der Waals surface area contributed by atoms with Crippen LogP contribution in [0.25, 0.3) is 0 Å². The Labute approximate surface area is 130 Å². The molecule has 7 heteroatoms. The maximum Gasteiger partial charge on any atom is 0.407 e. The van der Waals surface area contributed by atoms with Gasteiger partial charge in [-0.2, -0.15) is 4.98 Å². The normalized spacial score (nSPS) is 23.0. The fraction of sp³-hybridized carbons (Fsp3) is 0.667. The number of piperazine rings is 1. The number of carboxylic acid groups (broad SMARTS) is 1. The summed E-state index contributed by atoms with van der Waals surface area (Å²) < 4.78 is 0. The third kappa shape index (κ3) is 2.93. The summed E-state index contributed by atoms with van der Waals surface area (Å²) in [5.41, 5.74) is 6.93. The van der Waals surface area contributed by atoms with Crippen LogP contribution in [-0.2, 0) is 0 Å². The van der Waals surface area contributed by atoms with Crippen molar-refractivity contribution in [2.24, 2.45) is 0 Å². The quantitative estimate of drug-likeness (QED) is 0.866. The summed E-state index contributed by atoms with van der Waals surface area (Å²) in [6, 6.07) is 1.98. The van der Waals surface area contributed by atoms with E-state index in [-0.39, 0.29) is 6.04 Å². The Morgan fingerprint density at radius 1 is 1.32 bits per heavy atom. The maximum absolute atomic E-state index is 11.2. The molecule has 2 fully saturated rings. The molecule has 1 aromatic rings. The number of nitrogens with two attached hydrogens (primary N) is 1. The van der Waals surface area contributed by atoms with Gasteiger partial charge in [0.05, 0.1) is 5.69 Å². The van der Waals surface area contributed by atoms with Gasteiger partial charge in [0, 0.05) is 37.7 Å². The van der Waals surface area contributed by atoms with E-state index in [0.717, 1.165) is 11.5 Å². The molecule has 22 heavy (non-hydrogen) atoms. The molecule has 0 aromatic carbocycles. The zero-order valence-electron chi connectivity index (χ0n) is 12.9. The predicted octanol–water partition coefficient (Wildman–Crippen LogP) is 1.90. The van der Waals surface area contributed by atoms with Crippen LogP contribution in [0, 0.1) is 0 Å². The highest BCUT2D eigenvalue weighted by molar-refractivity contribution is 5.66. The van der Waals surface area contributed by atoms with Crippen molar-refractivity contribution in [3.05, 3.63) is 11.8 Å². The monoisotopic (exact) mass is 305 g/mol. The molecule has 3 N–H and O–H groups in total. The van der Waals surface area contributed by atoms with Gasteiger partial charge >= 0.3 is 6.09 Å². The van der Waals surface area contributed by atoms with Crippen LogP contribution in [0.2, 0.25) is 0 Å². The van der Waals surface area contributed by atoms with Gasteiger partial charge in [-0.25, -0.2) is 9.78 Å². The molecule has 1 aliphatic heterocycles. The van der Waals surface area contributed by atoms with Gasteiger partial charge in [-0.05, 0) is 19.8 Å². The van der Waals surface area contributed by atoms with Crippen molar-refractivity contribution in [3.8, 4) is 0 Å². The van der Waals surface area contributed by atoms with Gasteiger partial charge in [0.1, 0.15) is 5.82 Å². The van der Waals surface area contributed by atoms with Crippen LogP contribution in [0.5, 0.6) is 0 Å². The van der Waals surface area contributed by atoms with E-state index in [9.17, 15) is 4.79 Å². The number of anilines is 2. The smallest absolute Gasteiger partial charge is 0.407 e. The molecule has 1 atom stereocenters. The van der Waals surface area contributed by atoms with Crippen LogP contribution in [-0.4, -0.2) is 51.7 Å². The van der Waals surface area contributed by atoms with Gasteiger partial charge in [0.2, 0.25) is 5.95 Å². The Morgan fingerprint density at radius 3 is 2.68 bits per heavy atom. The van der Waals surface area contributed by atoms with Crippen molar-refractivity contribution in [1.29, 1.82) is 0 Å². The number of aromatic nitrogens is 2. The zero-order chi connectivity index (χ0) is 15.7. The largest absolute Gasteiger partial charge is 0.465 e. The van der Waals surface area contributed by atoms with E-state index in [4.69, 9.17) is 10.8 Å². The Morgan fingerprint density at radius 2 is 2.05 bits per heavy atom. The second-order valence-corrected chi connectivity index (χ2v) is 6.26. The maximum atomic E-state index is 11.2. The molecule has 1 amide bonds. The Bertz CT molecular complexity index is 559. The lowest BCUT2D eigenvalue weighted by Crippen LogP contribution is -2.54. The molecule has 0 bridgehead atoms. The van der Waals surface area contributed by atoms with E-state index in [1.165, 1.54) is 30.6 Å². The molecule has 2 aliphatic rings. The lowest BCUT2D eigenvalue weighted by molar-refractivity contribution is 0.122. The van der Waals surface area contributed by atoms with E-state index < -0.39 is 6.09 Å². The second-order valence-electron chi connectivity index (χ2n) is 6.26. The van der Waals surface area contributed by atoms with Crippen LogP contribution in [0.3, 0.4) is 0 Å². The number of nitrogens with zero attached hydrogens (tertiary/aromatic N) is 4. The average molecular weight is 305 g/mol. The number of amides is 1. The van der Waals surface area contributed by atoms with Crippen LogP contribution >= 0.6 is 0 Å². The number of carbonyl (C=O) groups is 1. The van der Waals surface area contributed by atoms with E-state index in [0.29, 0.717) is 31.5 Å². The molecule has 120 valence electrons. The molecule has 1 aliphatic carbocycles. The fourth-order valence-electron chi connectivity index (χ4n) is 3.51. The first kappa shape index (κ1) is 14.9. The standard InChI is InChI=1S/C15H23N5O2/c1-10-9-19(6-7-20(10)15(21)22)13-8-12(17-14(16)18-13)11-4-2-3-5-11/h8,10-11H,2-7,9H2,1H3,(H,21,22)(H2,16,17,18)/t10-/m1/s1. The van der Waals surface area contributed by atoms with Gasteiger partial charge in [-0.1, -0.05) is 12.8 Å². The second kappa shape index (κ2) is 5.98. The van der Waals surface area contributed by atoms with Gasteiger partial charge in [-0.3, -0.25) is 0 Å². The summed E-state index contributed by atoms with van der Waals surface area (Å²) in [5.74, 6) is 1.63. The molecule has 0 unspecified atom stereocenters. The average Bonchev–Trinajstić information content (AvgIpc) is 3.00. The summed E-state index contributed by atoms with van der Waals surface area (Å²) in [4.78, 5) is 23.5. The molecule has 1 aromatic heterocycles. The van der Waals surface area contributed by atoms with E-state index in [1.807, 2.05) is 13.0 Å².